The average molecular weight is 306 g/mol. The lowest BCUT2D eigenvalue weighted by Gasteiger charge is -2.32. The van der Waals surface area contributed by atoms with E-state index in [1.54, 1.807) is 0 Å². The maximum atomic E-state index is 6.32. The highest BCUT2D eigenvalue weighted by molar-refractivity contribution is 6.31. The molecule has 1 saturated heterocycles. The van der Waals surface area contributed by atoms with E-state index in [-0.39, 0.29) is 0 Å². The van der Waals surface area contributed by atoms with Crippen molar-refractivity contribution in [2.45, 2.75) is 63.6 Å². The molecule has 2 saturated carbocycles. The van der Waals surface area contributed by atoms with E-state index in [0.717, 1.165) is 29.3 Å². The summed E-state index contributed by atoms with van der Waals surface area (Å²) >= 11 is 6.32. The lowest BCUT2D eigenvalue weighted by atomic mass is 9.85. The van der Waals surface area contributed by atoms with Crippen molar-refractivity contribution in [3.8, 4) is 0 Å². The summed E-state index contributed by atoms with van der Waals surface area (Å²) in [5, 5.41) is 4.35. The Morgan fingerprint density at radius 2 is 2.05 bits per heavy atom. The van der Waals surface area contributed by atoms with Gasteiger partial charge in [-0.25, -0.2) is 4.98 Å². The van der Waals surface area contributed by atoms with E-state index >= 15 is 0 Å². The molecule has 2 heterocycles. The van der Waals surface area contributed by atoms with Crippen LogP contribution in [0.25, 0.3) is 0 Å². The minimum atomic E-state index is 0.715. The van der Waals surface area contributed by atoms with Crippen LogP contribution in [0.15, 0.2) is 12.3 Å². The number of anilines is 1. The molecule has 4 heteroatoms. The Hall–Kier alpha value is -0.800. The van der Waals surface area contributed by atoms with Gasteiger partial charge in [0.25, 0.3) is 0 Å². The van der Waals surface area contributed by atoms with Gasteiger partial charge in [0.2, 0.25) is 0 Å². The van der Waals surface area contributed by atoms with Crippen LogP contribution in [-0.2, 0) is 6.54 Å². The molecule has 0 amide bonds. The fourth-order valence-electron chi connectivity index (χ4n) is 3.99. The smallest absolute Gasteiger partial charge is 0.129 e. The maximum Gasteiger partial charge on any atom is 0.129 e. The van der Waals surface area contributed by atoms with Crippen LogP contribution in [0.5, 0.6) is 0 Å². The summed E-state index contributed by atoms with van der Waals surface area (Å²) in [6.45, 7) is 2.04. The minimum Gasteiger partial charge on any atom is -0.353 e. The number of rotatable bonds is 4. The van der Waals surface area contributed by atoms with Crippen LogP contribution in [-0.4, -0.2) is 23.6 Å². The zero-order valence-electron chi connectivity index (χ0n) is 12.5. The van der Waals surface area contributed by atoms with Crippen molar-refractivity contribution >= 4 is 17.4 Å². The molecule has 1 aromatic rings. The Balaban J connectivity index is 1.52. The van der Waals surface area contributed by atoms with Crippen molar-refractivity contribution in [3.63, 3.8) is 0 Å². The number of nitrogens with one attached hydrogen (secondary N) is 1. The normalized spacial score (nSPS) is 28.7. The van der Waals surface area contributed by atoms with Gasteiger partial charge in [0, 0.05) is 31.4 Å². The average Bonchev–Trinajstić information content (AvgIpc) is 3.24. The van der Waals surface area contributed by atoms with Crippen molar-refractivity contribution in [1.29, 1.82) is 0 Å². The molecule has 1 aliphatic heterocycles. The second kappa shape index (κ2) is 5.77. The van der Waals surface area contributed by atoms with Crippen molar-refractivity contribution in [1.82, 2.24) is 10.3 Å². The molecule has 1 aromatic heterocycles. The monoisotopic (exact) mass is 305 g/mol. The van der Waals surface area contributed by atoms with Crippen molar-refractivity contribution < 1.29 is 0 Å². The van der Waals surface area contributed by atoms with Crippen molar-refractivity contribution in [3.05, 3.63) is 22.8 Å². The molecular weight excluding hydrogens is 282 g/mol. The lowest BCUT2D eigenvalue weighted by molar-refractivity contribution is 0.341. The molecule has 1 N–H and O–H groups in total. The first-order valence-electron chi connectivity index (χ1n) is 8.46. The number of fused-ring (bicyclic) bond motifs is 1. The standard InChI is InChI=1S/C17H24ClN3/c18-15-11-20-17(9-13(15)10-19-14-5-6-14)21-8-7-12-3-1-2-4-16(12)21/h9,11-12,14,16,19H,1-8,10H2. The summed E-state index contributed by atoms with van der Waals surface area (Å²) in [7, 11) is 0. The zero-order chi connectivity index (χ0) is 14.2. The Kier molecular flexibility index (Phi) is 3.80. The van der Waals surface area contributed by atoms with Crippen LogP contribution in [0.3, 0.4) is 0 Å². The second-order valence-electron chi connectivity index (χ2n) is 6.88. The van der Waals surface area contributed by atoms with Crippen LogP contribution in [0.2, 0.25) is 5.02 Å². The molecule has 0 aromatic carbocycles. The molecule has 3 nitrogen and oxygen atoms in total. The van der Waals surface area contributed by atoms with Gasteiger partial charge in [-0.2, -0.15) is 0 Å². The molecule has 0 radical (unpaired) electrons. The first kappa shape index (κ1) is 13.8. The predicted molar refractivity (Wildman–Crippen MR) is 86.8 cm³/mol. The Bertz CT molecular complexity index is 515. The van der Waals surface area contributed by atoms with Gasteiger partial charge >= 0.3 is 0 Å². The lowest BCUT2D eigenvalue weighted by Crippen LogP contribution is -2.35. The van der Waals surface area contributed by atoms with E-state index in [4.69, 9.17) is 11.6 Å². The third kappa shape index (κ3) is 2.91. The summed E-state index contributed by atoms with van der Waals surface area (Å²) < 4.78 is 0. The molecule has 3 fully saturated rings. The van der Waals surface area contributed by atoms with Crippen molar-refractivity contribution in [2.75, 3.05) is 11.4 Å². The third-order valence-electron chi connectivity index (χ3n) is 5.38. The van der Waals surface area contributed by atoms with Gasteiger partial charge in [0.15, 0.2) is 0 Å². The molecule has 4 rings (SSSR count). The molecular formula is C17H24ClN3. The molecule has 0 bridgehead atoms. The highest BCUT2D eigenvalue weighted by atomic mass is 35.5. The van der Waals surface area contributed by atoms with E-state index in [0.29, 0.717) is 6.04 Å². The first-order chi connectivity index (χ1) is 10.3. The second-order valence-corrected chi connectivity index (χ2v) is 7.29. The molecule has 2 aliphatic carbocycles. The third-order valence-corrected chi connectivity index (χ3v) is 5.72. The van der Waals surface area contributed by atoms with E-state index in [2.05, 4.69) is 21.3 Å². The van der Waals surface area contributed by atoms with Crippen molar-refractivity contribution in [2.24, 2.45) is 5.92 Å². The van der Waals surface area contributed by atoms with Gasteiger partial charge in [0.1, 0.15) is 5.82 Å². The van der Waals surface area contributed by atoms with Gasteiger partial charge in [0.05, 0.1) is 5.02 Å². The summed E-state index contributed by atoms with van der Waals surface area (Å²) in [4.78, 5) is 7.16. The Morgan fingerprint density at radius 3 is 2.90 bits per heavy atom. The number of pyridine rings is 1. The van der Waals surface area contributed by atoms with Gasteiger partial charge in [-0.05, 0) is 49.7 Å². The molecule has 2 atom stereocenters. The van der Waals surface area contributed by atoms with Gasteiger partial charge in [-0.15, -0.1) is 0 Å². The van der Waals surface area contributed by atoms with Crippen LogP contribution < -0.4 is 10.2 Å². The zero-order valence-corrected chi connectivity index (χ0v) is 13.3. The van der Waals surface area contributed by atoms with Crippen LogP contribution >= 0.6 is 11.6 Å². The quantitative estimate of drug-likeness (QED) is 0.918. The topological polar surface area (TPSA) is 28.2 Å². The fourth-order valence-corrected chi connectivity index (χ4v) is 4.16. The molecule has 0 spiro atoms. The SMILES string of the molecule is Clc1cnc(N2CCC3CCCCC32)cc1CNC1CC1. The minimum absolute atomic E-state index is 0.715. The van der Waals surface area contributed by atoms with Crippen LogP contribution in [0.1, 0.15) is 50.5 Å². The van der Waals surface area contributed by atoms with E-state index in [9.17, 15) is 0 Å². The molecule has 2 unspecified atom stereocenters. The van der Waals surface area contributed by atoms with E-state index in [1.165, 1.54) is 57.1 Å². The summed E-state index contributed by atoms with van der Waals surface area (Å²) in [6.07, 6.45) is 11.3. The fraction of sp³-hybridized carbons (Fsp3) is 0.706. The number of halogens is 1. The van der Waals surface area contributed by atoms with Gasteiger partial charge < -0.3 is 10.2 Å². The number of hydrogen-bond acceptors (Lipinski definition) is 3. The summed E-state index contributed by atoms with van der Waals surface area (Å²) in [5.41, 5.74) is 1.20. The number of nitrogens with zero attached hydrogens (tertiary/aromatic N) is 2. The Morgan fingerprint density at radius 1 is 1.19 bits per heavy atom. The predicted octanol–water partition coefficient (Wildman–Crippen LogP) is 3.76. The van der Waals surface area contributed by atoms with Crippen LogP contribution in [0.4, 0.5) is 5.82 Å². The summed E-state index contributed by atoms with van der Waals surface area (Å²) in [6, 6.07) is 3.65. The molecule has 3 aliphatic rings. The number of aromatic nitrogens is 1. The highest BCUT2D eigenvalue weighted by Gasteiger charge is 2.36. The molecule has 114 valence electrons. The molecule has 21 heavy (non-hydrogen) atoms. The van der Waals surface area contributed by atoms with E-state index in [1.807, 2.05) is 6.20 Å². The van der Waals surface area contributed by atoms with Gasteiger partial charge in [-0.3, -0.25) is 0 Å². The first-order valence-corrected chi connectivity index (χ1v) is 8.83. The highest BCUT2D eigenvalue weighted by Crippen LogP contribution is 2.38. The van der Waals surface area contributed by atoms with Gasteiger partial charge in [-0.1, -0.05) is 24.4 Å². The van der Waals surface area contributed by atoms with Crippen LogP contribution in [0, 0.1) is 5.92 Å². The van der Waals surface area contributed by atoms with E-state index < -0.39 is 0 Å². The summed E-state index contributed by atoms with van der Waals surface area (Å²) in [5.74, 6) is 2.03. The Labute approximate surface area is 132 Å². The maximum absolute atomic E-state index is 6.32. The number of hydrogen-bond donors (Lipinski definition) is 1. The largest absolute Gasteiger partial charge is 0.353 e.